The fourth-order valence-electron chi connectivity index (χ4n) is 1.91. The molecule has 2 unspecified atom stereocenters. The monoisotopic (exact) mass is 266 g/mol. The number of carboxylic acids is 1. The predicted octanol–water partition coefficient (Wildman–Crippen LogP) is -0.406. The number of rotatable bonds is 3. The number of hydrogen-bond acceptors (Lipinski definition) is 4. The Morgan fingerprint density at radius 3 is 2.95 bits per heavy atom. The molecule has 1 fully saturated rings. The molecule has 7 heteroatoms. The van der Waals surface area contributed by atoms with E-state index in [9.17, 15) is 19.5 Å². The number of nitrogens with one attached hydrogen (secondary N) is 2. The van der Waals surface area contributed by atoms with Crippen LogP contribution >= 0.6 is 0 Å². The van der Waals surface area contributed by atoms with Crippen LogP contribution in [0.5, 0.6) is 0 Å². The van der Waals surface area contributed by atoms with E-state index in [-0.39, 0.29) is 18.8 Å². The molecule has 102 valence electrons. The molecule has 0 radical (unpaired) electrons. The van der Waals surface area contributed by atoms with E-state index in [1.165, 1.54) is 19.2 Å². The Morgan fingerprint density at radius 2 is 2.32 bits per heavy atom. The molecule has 2 rings (SSSR count). The summed E-state index contributed by atoms with van der Waals surface area (Å²) in [5.74, 6) is -1.52. The Hall–Kier alpha value is -2.15. The van der Waals surface area contributed by atoms with Crippen molar-refractivity contribution < 1.29 is 19.4 Å². The van der Waals surface area contributed by atoms with Crippen molar-refractivity contribution in [2.75, 3.05) is 13.2 Å². The van der Waals surface area contributed by atoms with Crippen LogP contribution in [0.3, 0.4) is 0 Å². The van der Waals surface area contributed by atoms with E-state index in [1.807, 2.05) is 0 Å². The van der Waals surface area contributed by atoms with Crippen molar-refractivity contribution in [3.63, 3.8) is 0 Å². The van der Waals surface area contributed by atoms with Gasteiger partial charge in [-0.15, -0.1) is 0 Å². The molecule has 0 aromatic carbocycles. The Bertz CT molecular complexity index is 567. The summed E-state index contributed by atoms with van der Waals surface area (Å²) in [6, 6.07) is 1.98. The zero-order chi connectivity index (χ0) is 14.0. The average molecular weight is 266 g/mol. The second kappa shape index (κ2) is 4.85. The fourth-order valence-corrected chi connectivity index (χ4v) is 1.91. The van der Waals surface area contributed by atoms with Gasteiger partial charge < -0.3 is 20.1 Å². The summed E-state index contributed by atoms with van der Waals surface area (Å²) in [4.78, 5) is 36.7. The van der Waals surface area contributed by atoms with Crippen molar-refractivity contribution in [3.8, 4) is 0 Å². The summed E-state index contributed by atoms with van der Waals surface area (Å²) in [6.07, 6.45) is 1.36. The normalized spacial score (nSPS) is 26.1. The van der Waals surface area contributed by atoms with Gasteiger partial charge in [0.2, 0.25) is 5.56 Å². The SMILES string of the molecule is CC1(C(=O)O)COCC1NC(=O)c1cc[nH]c(=O)c1. The number of amides is 1. The van der Waals surface area contributed by atoms with E-state index >= 15 is 0 Å². The van der Waals surface area contributed by atoms with E-state index in [4.69, 9.17) is 4.74 Å². The van der Waals surface area contributed by atoms with E-state index in [0.29, 0.717) is 0 Å². The number of carboxylic acid groups (broad SMARTS) is 1. The van der Waals surface area contributed by atoms with Crippen LogP contribution in [0.15, 0.2) is 23.1 Å². The van der Waals surface area contributed by atoms with Gasteiger partial charge in [-0.1, -0.05) is 0 Å². The highest BCUT2D eigenvalue weighted by Crippen LogP contribution is 2.28. The summed E-state index contributed by atoms with van der Waals surface area (Å²) in [7, 11) is 0. The fraction of sp³-hybridized carbons (Fsp3) is 0.417. The van der Waals surface area contributed by atoms with Crippen LogP contribution < -0.4 is 10.9 Å². The first-order valence-electron chi connectivity index (χ1n) is 5.74. The molecule has 2 atom stereocenters. The summed E-state index contributed by atoms with van der Waals surface area (Å²) < 4.78 is 5.13. The van der Waals surface area contributed by atoms with Gasteiger partial charge in [0.1, 0.15) is 5.41 Å². The lowest BCUT2D eigenvalue weighted by atomic mass is 9.85. The van der Waals surface area contributed by atoms with Crippen molar-refractivity contribution in [2.45, 2.75) is 13.0 Å². The third kappa shape index (κ3) is 2.50. The minimum atomic E-state index is -1.16. The first-order chi connectivity index (χ1) is 8.93. The summed E-state index contributed by atoms with van der Waals surface area (Å²) in [5.41, 5.74) is -1.36. The quantitative estimate of drug-likeness (QED) is 0.689. The molecule has 19 heavy (non-hydrogen) atoms. The van der Waals surface area contributed by atoms with Crippen LogP contribution in [-0.4, -0.2) is 41.2 Å². The largest absolute Gasteiger partial charge is 0.481 e. The van der Waals surface area contributed by atoms with Crippen molar-refractivity contribution in [2.24, 2.45) is 5.41 Å². The van der Waals surface area contributed by atoms with Crippen LogP contribution in [0.1, 0.15) is 17.3 Å². The van der Waals surface area contributed by atoms with Gasteiger partial charge >= 0.3 is 5.97 Å². The number of pyridine rings is 1. The Kier molecular flexibility index (Phi) is 3.39. The lowest BCUT2D eigenvalue weighted by Gasteiger charge is -2.25. The molecule has 7 nitrogen and oxygen atoms in total. The van der Waals surface area contributed by atoms with Gasteiger partial charge in [-0.05, 0) is 13.0 Å². The number of H-pyrrole nitrogens is 1. The molecular formula is C12H14N2O5. The molecule has 1 aliphatic rings. The molecule has 1 aliphatic heterocycles. The molecule has 1 aromatic rings. The topological polar surface area (TPSA) is 108 Å². The van der Waals surface area contributed by atoms with Crippen molar-refractivity contribution in [3.05, 3.63) is 34.2 Å². The maximum Gasteiger partial charge on any atom is 0.313 e. The highest BCUT2D eigenvalue weighted by Gasteiger charge is 2.47. The van der Waals surface area contributed by atoms with Gasteiger partial charge in [-0.2, -0.15) is 0 Å². The van der Waals surface area contributed by atoms with Gasteiger partial charge in [0, 0.05) is 17.8 Å². The van der Waals surface area contributed by atoms with Crippen molar-refractivity contribution in [1.29, 1.82) is 0 Å². The number of ether oxygens (including phenoxy) is 1. The molecule has 1 aromatic heterocycles. The molecule has 0 bridgehead atoms. The van der Waals surface area contributed by atoms with Gasteiger partial charge in [0.25, 0.3) is 5.91 Å². The standard InChI is InChI=1S/C12H14N2O5/c1-12(11(17)18)6-19-5-8(12)14-10(16)7-2-3-13-9(15)4-7/h2-4,8H,5-6H2,1H3,(H,13,15)(H,14,16)(H,17,18). The smallest absolute Gasteiger partial charge is 0.313 e. The van der Waals surface area contributed by atoms with Crippen LogP contribution in [0.2, 0.25) is 0 Å². The molecule has 2 heterocycles. The average Bonchev–Trinajstić information content (AvgIpc) is 2.72. The second-order valence-corrected chi connectivity index (χ2v) is 4.71. The van der Waals surface area contributed by atoms with Crippen LogP contribution in [0.25, 0.3) is 0 Å². The van der Waals surface area contributed by atoms with Gasteiger partial charge in [-0.3, -0.25) is 14.4 Å². The molecule has 0 aliphatic carbocycles. The molecular weight excluding hydrogens is 252 g/mol. The first kappa shape index (κ1) is 13.3. The van der Waals surface area contributed by atoms with E-state index in [0.717, 1.165) is 6.07 Å². The zero-order valence-corrected chi connectivity index (χ0v) is 10.3. The van der Waals surface area contributed by atoms with Crippen LogP contribution in [0, 0.1) is 5.41 Å². The van der Waals surface area contributed by atoms with Gasteiger partial charge in [0.05, 0.1) is 19.3 Å². The third-order valence-electron chi connectivity index (χ3n) is 3.29. The maximum atomic E-state index is 12.0. The predicted molar refractivity (Wildman–Crippen MR) is 64.9 cm³/mol. The van der Waals surface area contributed by atoms with Crippen LogP contribution in [-0.2, 0) is 9.53 Å². The number of carbonyl (C=O) groups excluding carboxylic acids is 1. The minimum Gasteiger partial charge on any atom is -0.481 e. The maximum absolute atomic E-state index is 12.0. The van der Waals surface area contributed by atoms with Crippen LogP contribution in [0.4, 0.5) is 0 Å². The van der Waals surface area contributed by atoms with Gasteiger partial charge in [-0.25, -0.2) is 0 Å². The first-order valence-corrected chi connectivity index (χ1v) is 5.74. The molecule has 0 saturated carbocycles. The lowest BCUT2D eigenvalue weighted by Crippen LogP contribution is -2.49. The highest BCUT2D eigenvalue weighted by molar-refractivity contribution is 5.94. The zero-order valence-electron chi connectivity index (χ0n) is 10.3. The van der Waals surface area contributed by atoms with E-state index in [2.05, 4.69) is 10.3 Å². The summed E-state index contributed by atoms with van der Waals surface area (Å²) in [6.45, 7) is 1.70. The Balaban J connectivity index is 2.15. The molecule has 3 N–H and O–H groups in total. The lowest BCUT2D eigenvalue weighted by molar-refractivity contribution is -0.148. The van der Waals surface area contributed by atoms with E-state index < -0.39 is 28.9 Å². The minimum absolute atomic E-state index is 0.0443. The third-order valence-corrected chi connectivity index (χ3v) is 3.29. The number of aromatic amines is 1. The Morgan fingerprint density at radius 1 is 1.58 bits per heavy atom. The highest BCUT2D eigenvalue weighted by atomic mass is 16.5. The number of hydrogen-bond donors (Lipinski definition) is 3. The summed E-state index contributed by atoms with van der Waals surface area (Å²) in [5, 5.41) is 11.8. The van der Waals surface area contributed by atoms with Crippen molar-refractivity contribution >= 4 is 11.9 Å². The second-order valence-electron chi connectivity index (χ2n) is 4.71. The van der Waals surface area contributed by atoms with E-state index in [1.54, 1.807) is 0 Å². The molecule has 1 saturated heterocycles. The van der Waals surface area contributed by atoms with Crippen molar-refractivity contribution in [1.82, 2.24) is 10.3 Å². The Labute approximate surface area is 108 Å². The molecule has 1 amide bonds. The number of carbonyl (C=O) groups is 2. The summed E-state index contributed by atoms with van der Waals surface area (Å²) >= 11 is 0. The number of aliphatic carboxylic acids is 1. The van der Waals surface area contributed by atoms with Gasteiger partial charge in [0.15, 0.2) is 0 Å². The molecule has 0 spiro atoms. The number of aromatic nitrogens is 1.